The first kappa shape index (κ1) is 10.2. The van der Waals surface area contributed by atoms with Gasteiger partial charge in [0.25, 0.3) is 0 Å². The maximum Gasteiger partial charge on any atom is 0.122 e. The molecule has 72 valence electrons. The maximum atomic E-state index is 10.4. The van der Waals surface area contributed by atoms with Gasteiger partial charge in [-0.05, 0) is 6.92 Å². The number of carbonyl (C=O) groups is 1. The van der Waals surface area contributed by atoms with Crippen LogP contribution in [0, 0.1) is 11.8 Å². The Bertz CT molecular complexity index is 211. The molecule has 1 heterocycles. The maximum absolute atomic E-state index is 10.4. The summed E-state index contributed by atoms with van der Waals surface area (Å²) >= 11 is 0. The molecule has 1 saturated heterocycles. The molecule has 0 bridgehead atoms. The van der Waals surface area contributed by atoms with E-state index in [4.69, 9.17) is 4.74 Å². The lowest BCUT2D eigenvalue weighted by atomic mass is 10.2. The Morgan fingerprint density at radius 2 is 2.23 bits per heavy atom. The summed E-state index contributed by atoms with van der Waals surface area (Å²) in [6.07, 6.45) is 1.44. The Labute approximate surface area is 79.1 Å². The van der Waals surface area contributed by atoms with Crippen LogP contribution in [0.1, 0.15) is 13.3 Å². The molecule has 3 nitrogen and oxygen atoms in total. The van der Waals surface area contributed by atoms with Crippen molar-refractivity contribution in [3.05, 3.63) is 0 Å². The van der Waals surface area contributed by atoms with Crippen molar-refractivity contribution in [3.8, 4) is 11.8 Å². The van der Waals surface area contributed by atoms with Gasteiger partial charge in [-0.3, -0.25) is 4.90 Å². The van der Waals surface area contributed by atoms with E-state index in [9.17, 15) is 4.79 Å². The van der Waals surface area contributed by atoms with Gasteiger partial charge in [-0.15, -0.1) is 5.92 Å². The summed E-state index contributed by atoms with van der Waals surface area (Å²) in [7, 11) is 0. The molecule has 13 heavy (non-hydrogen) atoms. The molecule has 1 rings (SSSR count). The van der Waals surface area contributed by atoms with Gasteiger partial charge in [0.1, 0.15) is 6.29 Å². The molecule has 1 aliphatic rings. The largest absolute Gasteiger partial charge is 0.379 e. The van der Waals surface area contributed by atoms with Gasteiger partial charge in [0.2, 0.25) is 0 Å². The van der Waals surface area contributed by atoms with E-state index in [1.165, 1.54) is 0 Å². The van der Waals surface area contributed by atoms with Crippen LogP contribution in [0.5, 0.6) is 0 Å². The van der Waals surface area contributed by atoms with Crippen molar-refractivity contribution in [1.82, 2.24) is 4.90 Å². The minimum absolute atomic E-state index is 0.0893. The Hall–Kier alpha value is -0.850. The molecule has 0 aromatic heterocycles. The van der Waals surface area contributed by atoms with Gasteiger partial charge in [0, 0.05) is 19.5 Å². The molecular weight excluding hydrogens is 166 g/mol. The molecule has 0 saturated carbocycles. The highest BCUT2D eigenvalue weighted by molar-refractivity contribution is 5.51. The molecule has 1 aliphatic heterocycles. The van der Waals surface area contributed by atoms with Crippen molar-refractivity contribution in [2.75, 3.05) is 26.3 Å². The van der Waals surface area contributed by atoms with Gasteiger partial charge in [-0.25, -0.2) is 0 Å². The lowest BCUT2D eigenvalue weighted by Crippen LogP contribution is -2.43. The zero-order chi connectivity index (χ0) is 9.52. The second kappa shape index (κ2) is 5.74. The van der Waals surface area contributed by atoms with Crippen molar-refractivity contribution >= 4 is 6.29 Å². The molecule has 0 aliphatic carbocycles. The molecule has 0 spiro atoms. The summed E-state index contributed by atoms with van der Waals surface area (Å²) in [5, 5.41) is 0. The quantitative estimate of drug-likeness (QED) is 0.463. The van der Waals surface area contributed by atoms with Crippen LogP contribution < -0.4 is 0 Å². The molecule has 0 radical (unpaired) electrons. The SMILES string of the molecule is CC#CC(CC=O)N1CCOCC1. The highest BCUT2D eigenvalue weighted by atomic mass is 16.5. The van der Waals surface area contributed by atoms with E-state index in [2.05, 4.69) is 16.7 Å². The number of rotatable bonds is 3. The van der Waals surface area contributed by atoms with Crippen LogP contribution in [-0.2, 0) is 9.53 Å². The van der Waals surface area contributed by atoms with E-state index in [1.807, 2.05) is 0 Å². The minimum Gasteiger partial charge on any atom is -0.379 e. The Kier molecular flexibility index (Phi) is 4.52. The number of hydrogen-bond acceptors (Lipinski definition) is 3. The molecule has 1 unspecified atom stereocenters. The van der Waals surface area contributed by atoms with E-state index >= 15 is 0 Å². The third kappa shape index (κ3) is 3.17. The van der Waals surface area contributed by atoms with E-state index < -0.39 is 0 Å². The number of ether oxygens (including phenoxy) is 1. The summed E-state index contributed by atoms with van der Waals surface area (Å²) < 4.78 is 5.23. The molecule has 1 fully saturated rings. The van der Waals surface area contributed by atoms with Crippen molar-refractivity contribution in [1.29, 1.82) is 0 Å². The van der Waals surface area contributed by atoms with E-state index in [0.29, 0.717) is 6.42 Å². The van der Waals surface area contributed by atoms with Crippen molar-refractivity contribution in [3.63, 3.8) is 0 Å². The van der Waals surface area contributed by atoms with Gasteiger partial charge in [0.15, 0.2) is 0 Å². The first-order valence-electron chi connectivity index (χ1n) is 4.56. The lowest BCUT2D eigenvalue weighted by molar-refractivity contribution is -0.108. The Morgan fingerprint density at radius 3 is 2.77 bits per heavy atom. The highest BCUT2D eigenvalue weighted by Crippen LogP contribution is 2.05. The normalized spacial score (nSPS) is 20.1. The van der Waals surface area contributed by atoms with Gasteiger partial charge in [-0.1, -0.05) is 5.92 Å². The molecule has 0 aromatic rings. The number of morpholine rings is 1. The molecule has 0 N–H and O–H groups in total. The van der Waals surface area contributed by atoms with Crippen LogP contribution in [0.2, 0.25) is 0 Å². The van der Waals surface area contributed by atoms with Crippen LogP contribution in [0.25, 0.3) is 0 Å². The lowest BCUT2D eigenvalue weighted by Gasteiger charge is -2.30. The Morgan fingerprint density at radius 1 is 1.54 bits per heavy atom. The zero-order valence-corrected chi connectivity index (χ0v) is 7.95. The number of carbonyl (C=O) groups excluding carboxylic acids is 1. The number of aldehydes is 1. The standard InChI is InChI=1S/C10H15NO2/c1-2-3-10(4-7-12)11-5-8-13-9-6-11/h7,10H,4-6,8-9H2,1H3. The number of hydrogen-bond donors (Lipinski definition) is 0. The van der Waals surface area contributed by atoms with E-state index in [-0.39, 0.29) is 6.04 Å². The van der Waals surface area contributed by atoms with E-state index in [1.54, 1.807) is 6.92 Å². The first-order chi connectivity index (χ1) is 6.38. The molecule has 0 aromatic carbocycles. The predicted octanol–water partition coefficient (Wildman–Crippen LogP) is 0.299. The van der Waals surface area contributed by atoms with E-state index in [0.717, 1.165) is 32.6 Å². The third-order valence-electron chi connectivity index (χ3n) is 2.12. The Balaban J connectivity index is 2.49. The summed E-state index contributed by atoms with van der Waals surface area (Å²) in [6.45, 7) is 5.07. The second-order valence-electron chi connectivity index (χ2n) is 2.96. The van der Waals surface area contributed by atoms with Crippen molar-refractivity contribution in [2.24, 2.45) is 0 Å². The monoisotopic (exact) mass is 181 g/mol. The first-order valence-corrected chi connectivity index (χ1v) is 4.56. The molecular formula is C10H15NO2. The van der Waals surface area contributed by atoms with Gasteiger partial charge in [-0.2, -0.15) is 0 Å². The third-order valence-corrected chi connectivity index (χ3v) is 2.12. The molecule has 3 heteroatoms. The van der Waals surface area contributed by atoms with Crippen LogP contribution in [0.3, 0.4) is 0 Å². The number of nitrogens with zero attached hydrogens (tertiary/aromatic N) is 1. The second-order valence-corrected chi connectivity index (χ2v) is 2.96. The predicted molar refractivity (Wildman–Crippen MR) is 50.3 cm³/mol. The smallest absolute Gasteiger partial charge is 0.122 e. The van der Waals surface area contributed by atoms with Crippen LogP contribution in [0.15, 0.2) is 0 Å². The summed E-state index contributed by atoms with van der Waals surface area (Å²) in [5.74, 6) is 5.90. The molecule has 0 amide bonds. The average Bonchev–Trinajstić information content (AvgIpc) is 2.19. The van der Waals surface area contributed by atoms with Crippen LogP contribution in [-0.4, -0.2) is 43.5 Å². The fourth-order valence-corrected chi connectivity index (χ4v) is 1.45. The average molecular weight is 181 g/mol. The fourth-order valence-electron chi connectivity index (χ4n) is 1.45. The summed E-state index contributed by atoms with van der Waals surface area (Å²) in [5.41, 5.74) is 0. The molecule has 1 atom stereocenters. The summed E-state index contributed by atoms with van der Waals surface area (Å²) in [4.78, 5) is 12.6. The van der Waals surface area contributed by atoms with Gasteiger partial charge in [0.05, 0.1) is 19.3 Å². The summed E-state index contributed by atoms with van der Waals surface area (Å²) in [6, 6.07) is 0.0893. The van der Waals surface area contributed by atoms with Crippen molar-refractivity contribution < 1.29 is 9.53 Å². The van der Waals surface area contributed by atoms with Gasteiger partial charge >= 0.3 is 0 Å². The topological polar surface area (TPSA) is 29.5 Å². The van der Waals surface area contributed by atoms with Crippen LogP contribution >= 0.6 is 0 Å². The minimum atomic E-state index is 0.0893. The highest BCUT2D eigenvalue weighted by Gasteiger charge is 2.18. The van der Waals surface area contributed by atoms with Crippen molar-refractivity contribution in [2.45, 2.75) is 19.4 Å². The van der Waals surface area contributed by atoms with Crippen LogP contribution in [0.4, 0.5) is 0 Å². The zero-order valence-electron chi connectivity index (χ0n) is 7.95. The fraction of sp³-hybridized carbons (Fsp3) is 0.700. The van der Waals surface area contributed by atoms with Gasteiger partial charge < -0.3 is 9.53 Å².